The predicted octanol–water partition coefficient (Wildman–Crippen LogP) is 2.38. The molecular formula is C22H29N7O. The van der Waals surface area contributed by atoms with Gasteiger partial charge in [-0.05, 0) is 43.7 Å². The second kappa shape index (κ2) is 8.79. The number of hydrogen-bond donors (Lipinski definition) is 2. The Labute approximate surface area is 177 Å². The SMILES string of the molecule is CNCCn1cc(-c2ccc3c(c2)[C@H](NC2=NCCC=N2)C[C@H](C)N3C(C)=O)cn1. The van der Waals surface area contributed by atoms with E-state index in [-0.39, 0.29) is 18.0 Å². The number of rotatable bonds is 5. The summed E-state index contributed by atoms with van der Waals surface area (Å²) in [4.78, 5) is 23.2. The van der Waals surface area contributed by atoms with Gasteiger partial charge in [0.1, 0.15) is 0 Å². The highest BCUT2D eigenvalue weighted by atomic mass is 16.2. The highest BCUT2D eigenvalue weighted by Crippen LogP contribution is 2.39. The van der Waals surface area contributed by atoms with Crippen LogP contribution < -0.4 is 15.5 Å². The van der Waals surface area contributed by atoms with Crippen molar-refractivity contribution in [2.45, 2.75) is 45.3 Å². The summed E-state index contributed by atoms with van der Waals surface area (Å²) in [6.07, 6.45) is 7.53. The molecule has 2 N–H and O–H groups in total. The quantitative estimate of drug-likeness (QED) is 0.797. The number of hydrogen-bond acceptors (Lipinski definition) is 6. The van der Waals surface area contributed by atoms with Crippen LogP contribution in [0.15, 0.2) is 40.6 Å². The number of aromatic nitrogens is 2. The summed E-state index contributed by atoms with van der Waals surface area (Å²) in [6, 6.07) is 6.42. The normalized spacial score (nSPS) is 20.6. The van der Waals surface area contributed by atoms with Gasteiger partial charge in [0.2, 0.25) is 11.9 Å². The van der Waals surface area contributed by atoms with Crippen molar-refractivity contribution in [2.75, 3.05) is 25.0 Å². The molecule has 1 amide bonds. The zero-order valence-corrected chi connectivity index (χ0v) is 17.8. The van der Waals surface area contributed by atoms with Crippen molar-refractivity contribution >= 4 is 23.8 Å². The predicted molar refractivity (Wildman–Crippen MR) is 120 cm³/mol. The molecule has 30 heavy (non-hydrogen) atoms. The van der Waals surface area contributed by atoms with Crippen LogP contribution in [-0.4, -0.2) is 54.0 Å². The summed E-state index contributed by atoms with van der Waals surface area (Å²) in [5.74, 6) is 0.730. The lowest BCUT2D eigenvalue weighted by Gasteiger charge is -2.39. The third kappa shape index (κ3) is 4.14. The topological polar surface area (TPSA) is 86.9 Å². The fourth-order valence-corrected chi connectivity index (χ4v) is 4.18. The maximum Gasteiger partial charge on any atom is 0.224 e. The minimum Gasteiger partial charge on any atom is -0.348 e. The van der Waals surface area contributed by atoms with Gasteiger partial charge in [0.15, 0.2) is 0 Å². The van der Waals surface area contributed by atoms with E-state index in [4.69, 9.17) is 0 Å². The van der Waals surface area contributed by atoms with E-state index in [1.165, 1.54) is 0 Å². The van der Waals surface area contributed by atoms with Crippen LogP contribution in [0.1, 0.15) is 38.3 Å². The second-order valence-electron chi connectivity index (χ2n) is 7.85. The first-order valence-corrected chi connectivity index (χ1v) is 10.5. The van der Waals surface area contributed by atoms with Crippen LogP contribution in [0, 0.1) is 0 Å². The Hall–Kier alpha value is -3.00. The molecule has 0 spiro atoms. The van der Waals surface area contributed by atoms with Gasteiger partial charge in [-0.1, -0.05) is 6.07 Å². The Morgan fingerprint density at radius 1 is 1.30 bits per heavy atom. The molecule has 1 aromatic heterocycles. The van der Waals surface area contributed by atoms with Gasteiger partial charge in [-0.15, -0.1) is 0 Å². The first-order valence-electron chi connectivity index (χ1n) is 10.5. The van der Waals surface area contributed by atoms with Crippen molar-refractivity contribution in [3.63, 3.8) is 0 Å². The van der Waals surface area contributed by atoms with E-state index in [2.05, 4.69) is 51.0 Å². The van der Waals surface area contributed by atoms with Gasteiger partial charge >= 0.3 is 0 Å². The van der Waals surface area contributed by atoms with E-state index in [1.807, 2.05) is 35.1 Å². The fraction of sp³-hybridized carbons (Fsp3) is 0.455. The minimum absolute atomic E-state index is 0.0406. The van der Waals surface area contributed by atoms with Crippen LogP contribution in [0.2, 0.25) is 0 Å². The standard InChI is InChI=1S/C22H29N7O/c1-15-11-20(27-22-24-7-4-8-25-22)19-12-17(5-6-21(19)29(15)16(2)30)18-13-26-28(14-18)10-9-23-3/h5-7,12-15,20,23H,4,8-11H2,1-3H3,(H,25,27)/t15-,20+/m0/s1. The second-order valence-corrected chi connectivity index (χ2v) is 7.85. The number of aliphatic imine (C=N–C) groups is 2. The monoisotopic (exact) mass is 407 g/mol. The number of amides is 1. The fourth-order valence-electron chi connectivity index (χ4n) is 4.18. The summed E-state index contributed by atoms with van der Waals surface area (Å²) in [6.45, 7) is 6.16. The largest absolute Gasteiger partial charge is 0.348 e. The van der Waals surface area contributed by atoms with Crippen LogP contribution >= 0.6 is 0 Å². The Balaban J connectivity index is 1.69. The molecule has 3 heterocycles. The summed E-state index contributed by atoms with van der Waals surface area (Å²) < 4.78 is 1.94. The lowest BCUT2D eigenvalue weighted by Crippen LogP contribution is -2.45. The minimum atomic E-state index is 0.0406. The highest BCUT2D eigenvalue weighted by Gasteiger charge is 2.33. The maximum atomic E-state index is 12.4. The first kappa shape index (κ1) is 20.3. The molecule has 0 bridgehead atoms. The summed E-state index contributed by atoms with van der Waals surface area (Å²) in [5.41, 5.74) is 4.19. The maximum absolute atomic E-state index is 12.4. The van der Waals surface area contributed by atoms with E-state index in [1.54, 1.807) is 6.92 Å². The molecular weight excluding hydrogens is 378 g/mol. The molecule has 158 valence electrons. The molecule has 2 aromatic rings. The van der Waals surface area contributed by atoms with Gasteiger partial charge in [-0.25, -0.2) is 4.99 Å². The molecule has 1 aromatic carbocycles. The average molecular weight is 408 g/mol. The molecule has 0 saturated heterocycles. The van der Waals surface area contributed by atoms with Crippen LogP contribution in [0.25, 0.3) is 11.1 Å². The summed E-state index contributed by atoms with van der Waals surface area (Å²) in [5, 5.41) is 11.1. The van der Waals surface area contributed by atoms with Gasteiger partial charge in [0.25, 0.3) is 0 Å². The number of likely N-dealkylation sites (N-methyl/N-ethyl adjacent to an activating group) is 1. The Morgan fingerprint density at radius 2 is 2.17 bits per heavy atom. The van der Waals surface area contributed by atoms with Crippen molar-refractivity contribution in [1.82, 2.24) is 20.4 Å². The third-order valence-electron chi connectivity index (χ3n) is 5.61. The Bertz CT molecular complexity index is 978. The molecule has 2 aliphatic heterocycles. The number of anilines is 1. The molecule has 8 nitrogen and oxygen atoms in total. The average Bonchev–Trinajstić information content (AvgIpc) is 3.21. The van der Waals surface area contributed by atoms with Gasteiger partial charge in [0.05, 0.1) is 18.8 Å². The van der Waals surface area contributed by atoms with Crippen LogP contribution in [-0.2, 0) is 11.3 Å². The van der Waals surface area contributed by atoms with E-state index in [0.717, 1.165) is 54.9 Å². The van der Waals surface area contributed by atoms with Gasteiger partial charge in [-0.3, -0.25) is 14.5 Å². The molecule has 0 fully saturated rings. The summed E-state index contributed by atoms with van der Waals surface area (Å²) in [7, 11) is 1.93. The molecule has 2 aliphatic rings. The number of nitrogens with one attached hydrogen (secondary N) is 2. The molecule has 0 unspecified atom stereocenters. The molecule has 2 atom stereocenters. The van der Waals surface area contributed by atoms with Gasteiger partial charge < -0.3 is 15.5 Å². The van der Waals surface area contributed by atoms with Crippen LogP contribution in [0.3, 0.4) is 0 Å². The smallest absolute Gasteiger partial charge is 0.224 e. The Kier molecular flexibility index (Phi) is 5.94. The molecule has 0 saturated carbocycles. The van der Waals surface area contributed by atoms with Gasteiger partial charge in [0, 0.05) is 56.1 Å². The van der Waals surface area contributed by atoms with E-state index in [0.29, 0.717) is 5.96 Å². The molecule has 0 aliphatic carbocycles. The van der Waals surface area contributed by atoms with Crippen LogP contribution in [0.5, 0.6) is 0 Å². The van der Waals surface area contributed by atoms with E-state index in [9.17, 15) is 4.79 Å². The number of carbonyl (C=O) groups is 1. The highest BCUT2D eigenvalue weighted by molar-refractivity contribution is 5.95. The van der Waals surface area contributed by atoms with Crippen LogP contribution in [0.4, 0.5) is 5.69 Å². The number of carbonyl (C=O) groups excluding carboxylic acids is 1. The van der Waals surface area contributed by atoms with Crippen molar-refractivity contribution in [2.24, 2.45) is 9.98 Å². The Morgan fingerprint density at radius 3 is 2.90 bits per heavy atom. The van der Waals surface area contributed by atoms with Crippen molar-refractivity contribution in [1.29, 1.82) is 0 Å². The lowest BCUT2D eigenvalue weighted by atomic mass is 9.89. The number of guanidine groups is 1. The van der Waals surface area contributed by atoms with Crippen molar-refractivity contribution < 1.29 is 4.79 Å². The molecule has 8 heteroatoms. The molecule has 4 rings (SSSR count). The van der Waals surface area contributed by atoms with Crippen molar-refractivity contribution in [3.8, 4) is 11.1 Å². The number of fused-ring (bicyclic) bond motifs is 1. The van der Waals surface area contributed by atoms with E-state index < -0.39 is 0 Å². The zero-order valence-electron chi connectivity index (χ0n) is 17.8. The van der Waals surface area contributed by atoms with E-state index >= 15 is 0 Å². The van der Waals surface area contributed by atoms with Gasteiger partial charge in [-0.2, -0.15) is 5.10 Å². The lowest BCUT2D eigenvalue weighted by molar-refractivity contribution is -0.117. The zero-order chi connectivity index (χ0) is 21.1. The third-order valence-corrected chi connectivity index (χ3v) is 5.61. The summed E-state index contributed by atoms with van der Waals surface area (Å²) >= 11 is 0. The number of benzene rings is 1. The molecule has 0 radical (unpaired) electrons. The number of nitrogens with zero attached hydrogens (tertiary/aromatic N) is 5. The van der Waals surface area contributed by atoms with Crippen molar-refractivity contribution in [3.05, 3.63) is 36.2 Å². The first-order chi connectivity index (χ1) is 14.6.